The molecular weight excluding hydrogens is 460 g/mol. The lowest BCUT2D eigenvalue weighted by atomic mass is 10.1. The number of nitrogens with zero attached hydrogens (tertiary/aromatic N) is 4. The monoisotopic (exact) mass is 490 g/mol. The fourth-order valence-corrected chi connectivity index (χ4v) is 5.38. The summed E-state index contributed by atoms with van der Waals surface area (Å²) >= 11 is 1.78. The van der Waals surface area contributed by atoms with Gasteiger partial charge in [0, 0.05) is 48.6 Å². The number of rotatable bonds is 9. The Morgan fingerprint density at radius 3 is 2.74 bits per heavy atom. The van der Waals surface area contributed by atoms with Gasteiger partial charge in [0.05, 0.1) is 37.2 Å². The first-order valence-electron chi connectivity index (χ1n) is 12.1. The number of Topliss-reactive ketones (excluding diaryl/α,β-unsaturated/α-hetero) is 1. The number of ether oxygens (including phenoxy) is 2. The molecule has 0 N–H and O–H groups in total. The standard InChI is InChI=1S/C27H30N4O3S/c1-2-25(32)21-6-7-24-26(15-21)35-19-31(24)18-20-4-3-5-22(14-20)27-28-16-23(17-29-27)34-13-10-30-8-11-33-12-9-30/h3-7,14-17H,2,8-13,18-19H2,1H3. The van der Waals surface area contributed by atoms with Crippen LogP contribution < -0.4 is 9.64 Å². The zero-order chi connectivity index (χ0) is 24.0. The summed E-state index contributed by atoms with van der Waals surface area (Å²) in [5, 5.41) is 0. The van der Waals surface area contributed by atoms with Crippen LogP contribution in [0.1, 0.15) is 29.3 Å². The lowest BCUT2D eigenvalue weighted by Crippen LogP contribution is -2.38. The van der Waals surface area contributed by atoms with E-state index in [-0.39, 0.29) is 5.78 Å². The van der Waals surface area contributed by atoms with E-state index < -0.39 is 0 Å². The smallest absolute Gasteiger partial charge is 0.162 e. The number of aromatic nitrogens is 2. The molecule has 0 unspecified atom stereocenters. The van der Waals surface area contributed by atoms with Crippen molar-refractivity contribution in [2.45, 2.75) is 24.8 Å². The highest BCUT2D eigenvalue weighted by Gasteiger charge is 2.21. The second-order valence-electron chi connectivity index (χ2n) is 8.68. The Hall–Kier alpha value is -2.94. The van der Waals surface area contributed by atoms with Gasteiger partial charge in [-0.2, -0.15) is 0 Å². The van der Waals surface area contributed by atoms with E-state index in [4.69, 9.17) is 9.47 Å². The number of thioether (sulfide) groups is 1. The quantitative estimate of drug-likeness (QED) is 0.406. The lowest BCUT2D eigenvalue weighted by molar-refractivity contribution is 0.0322. The van der Waals surface area contributed by atoms with Gasteiger partial charge in [-0.05, 0) is 29.8 Å². The number of hydrogen-bond donors (Lipinski definition) is 0. The molecule has 2 aliphatic rings. The molecule has 2 aliphatic heterocycles. The van der Waals surface area contributed by atoms with Crippen molar-refractivity contribution in [1.29, 1.82) is 0 Å². The summed E-state index contributed by atoms with van der Waals surface area (Å²) in [6.07, 6.45) is 4.03. The molecule has 0 saturated carbocycles. The highest BCUT2D eigenvalue weighted by atomic mass is 32.2. The van der Waals surface area contributed by atoms with Gasteiger partial charge in [-0.15, -0.1) is 11.8 Å². The molecule has 1 saturated heterocycles. The Morgan fingerprint density at radius 1 is 1.11 bits per heavy atom. The third-order valence-electron chi connectivity index (χ3n) is 6.29. The zero-order valence-electron chi connectivity index (χ0n) is 20.0. The van der Waals surface area contributed by atoms with Crippen LogP contribution in [0.2, 0.25) is 0 Å². The molecule has 0 amide bonds. The molecule has 182 valence electrons. The van der Waals surface area contributed by atoms with Crippen LogP contribution in [0.25, 0.3) is 11.4 Å². The molecule has 0 radical (unpaired) electrons. The topological polar surface area (TPSA) is 67.8 Å². The summed E-state index contributed by atoms with van der Waals surface area (Å²) in [5.74, 6) is 2.43. The van der Waals surface area contributed by atoms with Gasteiger partial charge in [-0.1, -0.05) is 25.1 Å². The maximum atomic E-state index is 12.0. The molecule has 0 spiro atoms. The molecule has 5 rings (SSSR count). The van der Waals surface area contributed by atoms with Crippen LogP contribution in [0.3, 0.4) is 0 Å². The second kappa shape index (κ2) is 11.2. The third kappa shape index (κ3) is 5.83. The molecule has 1 aromatic heterocycles. The minimum Gasteiger partial charge on any atom is -0.489 e. The van der Waals surface area contributed by atoms with E-state index in [2.05, 4.69) is 38.0 Å². The van der Waals surface area contributed by atoms with Crippen molar-refractivity contribution in [3.63, 3.8) is 0 Å². The zero-order valence-corrected chi connectivity index (χ0v) is 20.8. The van der Waals surface area contributed by atoms with Crippen molar-refractivity contribution < 1.29 is 14.3 Å². The number of hydrogen-bond acceptors (Lipinski definition) is 8. The summed E-state index contributed by atoms with van der Waals surface area (Å²) in [5.41, 5.74) is 4.16. The molecule has 2 aromatic carbocycles. The summed E-state index contributed by atoms with van der Waals surface area (Å²) in [6.45, 7) is 7.67. The predicted octanol–water partition coefficient (Wildman–Crippen LogP) is 4.52. The lowest BCUT2D eigenvalue weighted by Gasteiger charge is -2.26. The Morgan fingerprint density at radius 2 is 1.94 bits per heavy atom. The summed E-state index contributed by atoms with van der Waals surface area (Å²) in [6, 6.07) is 14.4. The Labute approximate surface area is 210 Å². The first-order chi connectivity index (χ1) is 17.2. The van der Waals surface area contributed by atoms with Crippen LogP contribution in [0.5, 0.6) is 5.75 Å². The Kier molecular flexibility index (Phi) is 7.61. The van der Waals surface area contributed by atoms with E-state index in [1.807, 2.05) is 31.2 Å². The molecule has 0 aliphatic carbocycles. The van der Waals surface area contributed by atoms with Gasteiger partial charge in [0.1, 0.15) is 6.61 Å². The normalized spacial score (nSPS) is 15.7. The van der Waals surface area contributed by atoms with Crippen molar-refractivity contribution in [3.05, 3.63) is 66.0 Å². The van der Waals surface area contributed by atoms with E-state index in [0.29, 0.717) is 24.6 Å². The van der Waals surface area contributed by atoms with E-state index in [1.54, 1.807) is 24.2 Å². The van der Waals surface area contributed by atoms with E-state index in [1.165, 1.54) is 16.1 Å². The van der Waals surface area contributed by atoms with Crippen LogP contribution in [-0.4, -0.2) is 66.0 Å². The number of anilines is 1. The predicted molar refractivity (Wildman–Crippen MR) is 138 cm³/mol. The average Bonchev–Trinajstić information content (AvgIpc) is 3.31. The van der Waals surface area contributed by atoms with Gasteiger partial charge in [-0.3, -0.25) is 9.69 Å². The molecule has 1 fully saturated rings. The van der Waals surface area contributed by atoms with Crippen molar-refractivity contribution in [2.75, 3.05) is 50.2 Å². The fourth-order valence-electron chi connectivity index (χ4n) is 4.30. The van der Waals surface area contributed by atoms with E-state index in [0.717, 1.165) is 56.4 Å². The second-order valence-corrected chi connectivity index (χ2v) is 9.66. The van der Waals surface area contributed by atoms with Crippen LogP contribution in [0.4, 0.5) is 5.69 Å². The number of carbonyl (C=O) groups excluding carboxylic acids is 1. The largest absolute Gasteiger partial charge is 0.489 e. The van der Waals surface area contributed by atoms with Crippen LogP contribution >= 0.6 is 11.8 Å². The minimum absolute atomic E-state index is 0.188. The van der Waals surface area contributed by atoms with Crippen molar-refractivity contribution in [2.24, 2.45) is 0 Å². The van der Waals surface area contributed by atoms with Gasteiger partial charge in [0.15, 0.2) is 17.4 Å². The first kappa shape index (κ1) is 23.8. The molecule has 3 heterocycles. The average molecular weight is 491 g/mol. The SMILES string of the molecule is CCC(=O)c1ccc2c(c1)SCN2Cc1cccc(-c2ncc(OCCN3CCOCC3)cn2)c1. The number of fused-ring (bicyclic) bond motifs is 1. The van der Waals surface area contributed by atoms with Crippen LogP contribution in [0, 0.1) is 0 Å². The fraction of sp³-hybridized carbons (Fsp3) is 0.370. The van der Waals surface area contributed by atoms with Crippen molar-refractivity contribution in [3.8, 4) is 17.1 Å². The third-order valence-corrected chi connectivity index (χ3v) is 7.36. The molecule has 7 nitrogen and oxygen atoms in total. The van der Waals surface area contributed by atoms with Gasteiger partial charge in [-0.25, -0.2) is 9.97 Å². The van der Waals surface area contributed by atoms with Crippen molar-refractivity contribution in [1.82, 2.24) is 14.9 Å². The highest BCUT2D eigenvalue weighted by Crippen LogP contribution is 2.40. The Bertz CT molecular complexity index is 1170. The van der Waals surface area contributed by atoms with Crippen LogP contribution in [0.15, 0.2) is 59.8 Å². The first-order valence-corrected chi connectivity index (χ1v) is 13.1. The number of morpholine rings is 1. The molecule has 3 aromatic rings. The molecular formula is C27H30N4O3S. The minimum atomic E-state index is 0.188. The number of benzene rings is 2. The highest BCUT2D eigenvalue weighted by molar-refractivity contribution is 7.99. The molecule has 0 bridgehead atoms. The maximum absolute atomic E-state index is 12.0. The molecule has 35 heavy (non-hydrogen) atoms. The Balaban J connectivity index is 1.20. The summed E-state index contributed by atoms with van der Waals surface area (Å²) < 4.78 is 11.2. The van der Waals surface area contributed by atoms with Gasteiger partial charge in [0.2, 0.25) is 0 Å². The summed E-state index contributed by atoms with van der Waals surface area (Å²) in [7, 11) is 0. The summed E-state index contributed by atoms with van der Waals surface area (Å²) in [4.78, 5) is 27.0. The van der Waals surface area contributed by atoms with Crippen LogP contribution in [-0.2, 0) is 11.3 Å². The van der Waals surface area contributed by atoms with E-state index >= 15 is 0 Å². The van der Waals surface area contributed by atoms with Gasteiger partial charge >= 0.3 is 0 Å². The number of carbonyl (C=O) groups is 1. The number of ketones is 1. The van der Waals surface area contributed by atoms with Gasteiger partial charge in [0.25, 0.3) is 0 Å². The van der Waals surface area contributed by atoms with E-state index in [9.17, 15) is 4.79 Å². The van der Waals surface area contributed by atoms with Crippen molar-refractivity contribution >= 4 is 23.2 Å². The molecule has 0 atom stereocenters. The molecule has 8 heteroatoms. The van der Waals surface area contributed by atoms with Gasteiger partial charge < -0.3 is 14.4 Å². The maximum Gasteiger partial charge on any atom is 0.162 e.